The summed E-state index contributed by atoms with van der Waals surface area (Å²) >= 11 is 0. The van der Waals surface area contributed by atoms with Gasteiger partial charge in [0.05, 0.1) is 0 Å². The van der Waals surface area contributed by atoms with Crippen LogP contribution in [0.15, 0.2) is 0 Å². The number of amides is 2. The SMILES string of the molecule is CN(C)C(=O)NC1(C)CCCC(C(C(=O)O)N(C)C)C1(C)C. The van der Waals surface area contributed by atoms with Crippen molar-refractivity contribution in [3.05, 3.63) is 0 Å². The molecular formula is C16H31N3O3. The number of rotatable bonds is 4. The second-order valence-corrected chi connectivity index (χ2v) is 7.62. The second-order valence-electron chi connectivity index (χ2n) is 7.62. The first-order chi connectivity index (χ1) is 9.94. The average molecular weight is 313 g/mol. The lowest BCUT2D eigenvalue weighted by Gasteiger charge is -2.55. The van der Waals surface area contributed by atoms with Gasteiger partial charge in [-0.05, 0) is 45.2 Å². The van der Waals surface area contributed by atoms with Crippen LogP contribution in [0.1, 0.15) is 40.0 Å². The van der Waals surface area contributed by atoms with E-state index in [4.69, 9.17) is 0 Å². The molecule has 2 amide bonds. The Bertz CT molecular complexity index is 434. The Labute approximate surface area is 133 Å². The average Bonchev–Trinajstić information content (AvgIpc) is 2.34. The molecule has 0 spiro atoms. The van der Waals surface area contributed by atoms with Crippen LogP contribution < -0.4 is 5.32 Å². The quantitative estimate of drug-likeness (QED) is 0.831. The fourth-order valence-corrected chi connectivity index (χ4v) is 3.64. The number of urea groups is 1. The van der Waals surface area contributed by atoms with Gasteiger partial charge < -0.3 is 15.3 Å². The number of hydrogen-bond donors (Lipinski definition) is 2. The molecule has 1 fully saturated rings. The predicted molar refractivity (Wildman–Crippen MR) is 86.9 cm³/mol. The molecule has 2 N–H and O–H groups in total. The molecule has 22 heavy (non-hydrogen) atoms. The summed E-state index contributed by atoms with van der Waals surface area (Å²) in [5, 5.41) is 12.8. The van der Waals surface area contributed by atoms with Crippen molar-refractivity contribution in [3.63, 3.8) is 0 Å². The minimum atomic E-state index is -0.800. The van der Waals surface area contributed by atoms with Crippen molar-refractivity contribution in [1.29, 1.82) is 0 Å². The van der Waals surface area contributed by atoms with Gasteiger partial charge in [0.15, 0.2) is 0 Å². The van der Waals surface area contributed by atoms with Gasteiger partial charge in [-0.3, -0.25) is 9.69 Å². The molecule has 1 saturated carbocycles. The predicted octanol–water partition coefficient (Wildman–Crippen LogP) is 1.86. The molecule has 1 rings (SSSR count). The largest absolute Gasteiger partial charge is 0.480 e. The molecule has 6 nitrogen and oxygen atoms in total. The van der Waals surface area contributed by atoms with Crippen LogP contribution in [0.2, 0.25) is 0 Å². The van der Waals surface area contributed by atoms with Crippen molar-refractivity contribution in [2.24, 2.45) is 11.3 Å². The third kappa shape index (κ3) is 3.37. The van der Waals surface area contributed by atoms with Crippen molar-refractivity contribution in [1.82, 2.24) is 15.1 Å². The Morgan fingerprint density at radius 3 is 2.14 bits per heavy atom. The molecule has 6 heteroatoms. The van der Waals surface area contributed by atoms with Gasteiger partial charge in [-0.2, -0.15) is 0 Å². The van der Waals surface area contributed by atoms with Crippen molar-refractivity contribution in [3.8, 4) is 0 Å². The maximum Gasteiger partial charge on any atom is 0.321 e. The Hall–Kier alpha value is -1.30. The highest BCUT2D eigenvalue weighted by molar-refractivity contribution is 5.75. The molecule has 0 bridgehead atoms. The third-order valence-electron chi connectivity index (χ3n) is 5.52. The van der Waals surface area contributed by atoms with Gasteiger partial charge >= 0.3 is 12.0 Å². The summed E-state index contributed by atoms with van der Waals surface area (Å²) in [7, 11) is 7.04. The van der Waals surface area contributed by atoms with E-state index in [0.29, 0.717) is 0 Å². The summed E-state index contributed by atoms with van der Waals surface area (Å²) in [6, 6.07) is -0.682. The van der Waals surface area contributed by atoms with Crippen molar-refractivity contribution in [2.75, 3.05) is 28.2 Å². The van der Waals surface area contributed by atoms with Gasteiger partial charge in [0.1, 0.15) is 6.04 Å². The summed E-state index contributed by atoms with van der Waals surface area (Å²) in [6.07, 6.45) is 2.63. The van der Waals surface area contributed by atoms with Crippen LogP contribution in [0.25, 0.3) is 0 Å². The van der Waals surface area contributed by atoms with E-state index < -0.39 is 17.6 Å². The van der Waals surface area contributed by atoms with Crippen LogP contribution >= 0.6 is 0 Å². The summed E-state index contributed by atoms with van der Waals surface area (Å²) in [5.74, 6) is -0.826. The zero-order chi connectivity index (χ0) is 17.3. The fourth-order valence-electron chi connectivity index (χ4n) is 3.64. The lowest BCUT2D eigenvalue weighted by atomic mass is 9.56. The molecular weight excluding hydrogens is 282 g/mol. The van der Waals surface area contributed by atoms with Gasteiger partial charge in [-0.15, -0.1) is 0 Å². The third-order valence-corrected chi connectivity index (χ3v) is 5.52. The van der Waals surface area contributed by atoms with E-state index in [1.54, 1.807) is 33.1 Å². The lowest BCUT2D eigenvalue weighted by Crippen LogP contribution is -2.65. The van der Waals surface area contributed by atoms with Crippen molar-refractivity contribution < 1.29 is 14.7 Å². The van der Waals surface area contributed by atoms with Crippen LogP contribution in [0, 0.1) is 11.3 Å². The number of hydrogen-bond acceptors (Lipinski definition) is 3. The monoisotopic (exact) mass is 313 g/mol. The number of nitrogens with zero attached hydrogens (tertiary/aromatic N) is 2. The molecule has 0 aromatic carbocycles. The zero-order valence-electron chi connectivity index (χ0n) is 14.9. The van der Waals surface area contributed by atoms with Gasteiger partial charge in [0.25, 0.3) is 0 Å². The molecule has 128 valence electrons. The Morgan fingerprint density at radius 1 is 1.18 bits per heavy atom. The van der Waals surface area contributed by atoms with Gasteiger partial charge in [0.2, 0.25) is 0 Å². The molecule has 0 aromatic rings. The number of carbonyl (C=O) groups excluding carboxylic acids is 1. The van der Waals surface area contributed by atoms with Gasteiger partial charge in [-0.1, -0.05) is 20.3 Å². The molecule has 0 aromatic heterocycles. The normalized spacial score (nSPS) is 29.0. The molecule has 0 saturated heterocycles. The first kappa shape index (κ1) is 18.7. The summed E-state index contributed by atoms with van der Waals surface area (Å²) in [6.45, 7) is 6.19. The number of carboxylic acids is 1. The van der Waals surface area contributed by atoms with Gasteiger partial charge in [0, 0.05) is 19.6 Å². The summed E-state index contributed by atoms with van der Waals surface area (Å²) in [4.78, 5) is 27.2. The van der Waals surface area contributed by atoms with Crippen LogP contribution in [-0.2, 0) is 4.79 Å². The number of likely N-dealkylation sites (N-methyl/N-ethyl adjacent to an activating group) is 1. The number of carbonyl (C=O) groups is 2. The number of aliphatic carboxylic acids is 1. The highest BCUT2D eigenvalue weighted by atomic mass is 16.4. The van der Waals surface area contributed by atoms with Crippen LogP contribution in [-0.4, -0.2) is 66.7 Å². The maximum absolute atomic E-state index is 12.1. The van der Waals surface area contributed by atoms with E-state index in [2.05, 4.69) is 19.2 Å². The first-order valence-corrected chi connectivity index (χ1v) is 7.83. The fraction of sp³-hybridized carbons (Fsp3) is 0.875. The smallest absolute Gasteiger partial charge is 0.321 e. The van der Waals surface area contributed by atoms with E-state index in [-0.39, 0.29) is 17.4 Å². The van der Waals surface area contributed by atoms with E-state index in [0.717, 1.165) is 19.3 Å². The topological polar surface area (TPSA) is 72.9 Å². The highest BCUT2D eigenvalue weighted by Gasteiger charge is 2.53. The van der Waals surface area contributed by atoms with Crippen molar-refractivity contribution in [2.45, 2.75) is 51.6 Å². The van der Waals surface area contributed by atoms with Crippen LogP contribution in [0.5, 0.6) is 0 Å². The van der Waals surface area contributed by atoms with Crippen LogP contribution in [0.3, 0.4) is 0 Å². The van der Waals surface area contributed by atoms with Crippen LogP contribution in [0.4, 0.5) is 4.79 Å². The maximum atomic E-state index is 12.1. The number of carboxylic acid groups (broad SMARTS) is 1. The minimum Gasteiger partial charge on any atom is -0.480 e. The molecule has 1 aliphatic rings. The molecule has 3 unspecified atom stereocenters. The number of nitrogens with one attached hydrogen (secondary N) is 1. The van der Waals surface area contributed by atoms with Crippen molar-refractivity contribution >= 4 is 12.0 Å². The zero-order valence-corrected chi connectivity index (χ0v) is 14.9. The van der Waals surface area contributed by atoms with E-state index in [1.807, 2.05) is 6.92 Å². The summed E-state index contributed by atoms with van der Waals surface area (Å²) in [5.41, 5.74) is -0.759. The Morgan fingerprint density at radius 2 is 1.73 bits per heavy atom. The van der Waals surface area contributed by atoms with E-state index in [1.165, 1.54) is 4.90 Å². The molecule has 0 radical (unpaired) electrons. The lowest BCUT2D eigenvalue weighted by molar-refractivity contribution is -0.149. The highest BCUT2D eigenvalue weighted by Crippen LogP contribution is 2.49. The first-order valence-electron chi connectivity index (χ1n) is 7.83. The molecule has 0 aliphatic heterocycles. The Balaban J connectivity index is 3.14. The van der Waals surface area contributed by atoms with Gasteiger partial charge in [-0.25, -0.2) is 4.79 Å². The Kier molecular flexibility index (Phi) is 5.49. The standard InChI is InChI=1S/C16H31N3O3/c1-15(2)11(12(13(20)21)18(4)5)9-8-10-16(15,3)17-14(22)19(6)7/h11-12H,8-10H2,1-7H3,(H,17,22)(H,20,21). The molecule has 0 heterocycles. The van der Waals surface area contributed by atoms with E-state index >= 15 is 0 Å². The minimum absolute atomic E-state index is 0.0267. The molecule has 3 atom stereocenters. The summed E-state index contributed by atoms with van der Waals surface area (Å²) < 4.78 is 0. The molecule has 1 aliphatic carbocycles. The van der Waals surface area contributed by atoms with E-state index in [9.17, 15) is 14.7 Å². The second kappa shape index (κ2) is 6.44.